The Hall–Kier alpha value is -2.35. The molecule has 1 aromatic heterocycles. The quantitative estimate of drug-likeness (QED) is 0.746. The van der Waals surface area contributed by atoms with Gasteiger partial charge in [0.05, 0.1) is 10.6 Å². The second-order valence-electron chi connectivity index (χ2n) is 6.41. The summed E-state index contributed by atoms with van der Waals surface area (Å²) < 4.78 is 40.0. The van der Waals surface area contributed by atoms with E-state index in [4.69, 9.17) is 0 Å². The summed E-state index contributed by atoms with van der Waals surface area (Å²) >= 11 is 1.45. The molecule has 2 amide bonds. The molecule has 3 rings (SSSR count). The Morgan fingerprint density at radius 2 is 1.96 bits per heavy atom. The Bertz CT molecular complexity index is 861. The summed E-state index contributed by atoms with van der Waals surface area (Å²) in [7, 11) is 0. The van der Waals surface area contributed by atoms with Gasteiger partial charge in [0.25, 0.3) is 5.91 Å². The third kappa shape index (κ3) is 4.16. The van der Waals surface area contributed by atoms with Crippen LogP contribution < -0.4 is 5.32 Å². The normalized spacial score (nSPS) is 12.7. The largest absolute Gasteiger partial charge is 0.329 e. The molecule has 0 spiro atoms. The van der Waals surface area contributed by atoms with Gasteiger partial charge in [-0.3, -0.25) is 9.59 Å². The van der Waals surface area contributed by atoms with Crippen LogP contribution in [-0.2, 0) is 17.6 Å². The number of aryl methyl sites for hydroxylation is 2. The van der Waals surface area contributed by atoms with Crippen molar-refractivity contribution in [1.82, 2.24) is 4.90 Å². The van der Waals surface area contributed by atoms with Crippen LogP contribution in [0.25, 0.3) is 0 Å². The van der Waals surface area contributed by atoms with Crippen molar-refractivity contribution in [2.75, 3.05) is 18.4 Å². The zero-order valence-corrected chi connectivity index (χ0v) is 15.6. The molecule has 0 radical (unpaired) electrons. The van der Waals surface area contributed by atoms with E-state index in [0.717, 1.165) is 31.4 Å². The number of carbonyl (C=O) groups excluding carboxylic acids is 2. The molecule has 1 N–H and O–H groups in total. The minimum atomic E-state index is -1.65. The maximum absolute atomic E-state index is 13.7. The summed E-state index contributed by atoms with van der Waals surface area (Å²) in [5.41, 5.74) is 0.728. The van der Waals surface area contributed by atoms with Gasteiger partial charge < -0.3 is 10.2 Å². The molecule has 4 nitrogen and oxygen atoms in total. The van der Waals surface area contributed by atoms with Crippen LogP contribution in [0.1, 0.15) is 39.9 Å². The van der Waals surface area contributed by atoms with Gasteiger partial charge in [-0.15, -0.1) is 11.3 Å². The lowest BCUT2D eigenvalue weighted by atomic mass is 10.2. The van der Waals surface area contributed by atoms with Crippen molar-refractivity contribution >= 4 is 28.8 Å². The van der Waals surface area contributed by atoms with Gasteiger partial charge in [0.15, 0.2) is 17.5 Å². The lowest BCUT2D eigenvalue weighted by Crippen LogP contribution is -2.38. The highest BCUT2D eigenvalue weighted by atomic mass is 32.1. The summed E-state index contributed by atoms with van der Waals surface area (Å²) in [6.45, 7) is 1.93. The Labute approximate surface area is 159 Å². The first-order valence-corrected chi connectivity index (χ1v) is 9.56. The molecule has 0 aliphatic heterocycles. The number of benzene rings is 1. The second-order valence-corrected chi connectivity index (χ2v) is 7.55. The Morgan fingerprint density at radius 1 is 1.19 bits per heavy atom. The molecule has 27 heavy (non-hydrogen) atoms. The first-order chi connectivity index (χ1) is 12.9. The van der Waals surface area contributed by atoms with Crippen molar-refractivity contribution in [3.05, 3.63) is 51.0 Å². The number of nitrogens with one attached hydrogen (secondary N) is 1. The minimum absolute atomic E-state index is 0.253. The van der Waals surface area contributed by atoms with E-state index in [0.29, 0.717) is 17.8 Å². The molecule has 1 aromatic carbocycles. The number of anilines is 1. The van der Waals surface area contributed by atoms with Gasteiger partial charge in [-0.05, 0) is 49.4 Å². The molecule has 0 atom stereocenters. The molecule has 1 aliphatic rings. The highest BCUT2D eigenvalue weighted by Gasteiger charge is 2.24. The van der Waals surface area contributed by atoms with E-state index in [2.05, 4.69) is 5.32 Å². The van der Waals surface area contributed by atoms with Crippen LogP contribution in [0.5, 0.6) is 0 Å². The standard InChI is InChI=1S/C19H19F3N2O2S/c1-2-8-24(19(26)15-9-11-4-3-5-14(11)27-15)10-16(25)23-13-7-6-12(20)17(21)18(13)22/h6-7,9H,2-5,8,10H2,1H3,(H,23,25). The summed E-state index contributed by atoms with van der Waals surface area (Å²) in [6.07, 6.45) is 3.67. The van der Waals surface area contributed by atoms with Gasteiger partial charge in [-0.1, -0.05) is 6.92 Å². The lowest BCUT2D eigenvalue weighted by Gasteiger charge is -2.21. The number of halogens is 3. The van der Waals surface area contributed by atoms with Crippen molar-refractivity contribution < 1.29 is 22.8 Å². The monoisotopic (exact) mass is 396 g/mol. The topological polar surface area (TPSA) is 49.4 Å². The van der Waals surface area contributed by atoms with Gasteiger partial charge in [-0.25, -0.2) is 13.2 Å². The molecular formula is C19H19F3N2O2S. The van der Waals surface area contributed by atoms with Gasteiger partial charge in [-0.2, -0.15) is 0 Å². The molecule has 0 fully saturated rings. The minimum Gasteiger partial charge on any atom is -0.329 e. The number of thiophene rings is 1. The molecule has 0 unspecified atom stereocenters. The number of carbonyl (C=O) groups is 2. The highest BCUT2D eigenvalue weighted by Crippen LogP contribution is 2.31. The lowest BCUT2D eigenvalue weighted by molar-refractivity contribution is -0.116. The molecule has 0 saturated heterocycles. The first kappa shape index (κ1) is 19.4. The third-order valence-electron chi connectivity index (χ3n) is 4.38. The number of hydrogen-bond acceptors (Lipinski definition) is 3. The van der Waals surface area contributed by atoms with E-state index in [1.807, 2.05) is 13.0 Å². The van der Waals surface area contributed by atoms with E-state index in [-0.39, 0.29) is 12.5 Å². The summed E-state index contributed by atoms with van der Waals surface area (Å²) in [5.74, 6) is -5.38. The van der Waals surface area contributed by atoms with E-state index in [1.54, 1.807) is 0 Å². The van der Waals surface area contributed by atoms with E-state index < -0.39 is 29.0 Å². The fourth-order valence-electron chi connectivity index (χ4n) is 3.10. The fraction of sp³-hybridized carbons (Fsp3) is 0.368. The van der Waals surface area contributed by atoms with Crippen molar-refractivity contribution in [1.29, 1.82) is 0 Å². The van der Waals surface area contributed by atoms with Crippen molar-refractivity contribution in [3.63, 3.8) is 0 Å². The molecule has 0 saturated carbocycles. The Morgan fingerprint density at radius 3 is 2.67 bits per heavy atom. The van der Waals surface area contributed by atoms with Crippen LogP contribution in [-0.4, -0.2) is 29.8 Å². The highest BCUT2D eigenvalue weighted by molar-refractivity contribution is 7.14. The summed E-state index contributed by atoms with van der Waals surface area (Å²) in [6, 6.07) is 3.56. The maximum Gasteiger partial charge on any atom is 0.264 e. The smallest absolute Gasteiger partial charge is 0.264 e. The maximum atomic E-state index is 13.7. The molecule has 1 aliphatic carbocycles. The van der Waals surface area contributed by atoms with E-state index in [1.165, 1.54) is 26.7 Å². The zero-order chi connectivity index (χ0) is 19.6. The number of amides is 2. The summed E-state index contributed by atoms with van der Waals surface area (Å²) in [4.78, 5) is 28.2. The van der Waals surface area contributed by atoms with Crippen LogP contribution in [0.4, 0.5) is 18.9 Å². The average molecular weight is 396 g/mol. The van der Waals surface area contributed by atoms with E-state index >= 15 is 0 Å². The van der Waals surface area contributed by atoms with Crippen LogP contribution in [0.3, 0.4) is 0 Å². The Kier molecular flexibility index (Phi) is 5.84. The van der Waals surface area contributed by atoms with Crippen molar-refractivity contribution in [3.8, 4) is 0 Å². The molecule has 8 heteroatoms. The number of rotatable bonds is 6. The van der Waals surface area contributed by atoms with Crippen LogP contribution in [0.2, 0.25) is 0 Å². The fourth-order valence-corrected chi connectivity index (χ4v) is 4.32. The van der Waals surface area contributed by atoms with Crippen LogP contribution >= 0.6 is 11.3 Å². The van der Waals surface area contributed by atoms with Crippen molar-refractivity contribution in [2.45, 2.75) is 32.6 Å². The van der Waals surface area contributed by atoms with Gasteiger partial charge in [0.2, 0.25) is 5.91 Å². The molecule has 2 aromatic rings. The molecule has 144 valence electrons. The van der Waals surface area contributed by atoms with Gasteiger partial charge >= 0.3 is 0 Å². The number of hydrogen-bond donors (Lipinski definition) is 1. The summed E-state index contributed by atoms with van der Waals surface area (Å²) in [5, 5.41) is 2.20. The Balaban J connectivity index is 1.70. The third-order valence-corrected chi connectivity index (χ3v) is 5.61. The average Bonchev–Trinajstić information content (AvgIpc) is 3.23. The molecular weight excluding hydrogens is 377 g/mol. The van der Waals surface area contributed by atoms with Gasteiger partial charge in [0.1, 0.15) is 6.54 Å². The predicted octanol–water partition coefficient (Wildman–Crippen LogP) is 4.15. The molecule has 1 heterocycles. The number of fused-ring (bicyclic) bond motifs is 1. The second kappa shape index (κ2) is 8.12. The first-order valence-electron chi connectivity index (χ1n) is 8.75. The zero-order valence-electron chi connectivity index (χ0n) is 14.8. The van der Waals surface area contributed by atoms with Crippen molar-refractivity contribution in [2.24, 2.45) is 0 Å². The predicted molar refractivity (Wildman–Crippen MR) is 97.5 cm³/mol. The SMILES string of the molecule is CCCN(CC(=O)Nc1ccc(F)c(F)c1F)C(=O)c1cc2c(s1)CCC2. The number of nitrogens with zero attached hydrogens (tertiary/aromatic N) is 1. The van der Waals surface area contributed by atoms with Gasteiger partial charge in [0, 0.05) is 11.4 Å². The molecule has 0 bridgehead atoms. The van der Waals surface area contributed by atoms with Crippen LogP contribution in [0.15, 0.2) is 18.2 Å². The van der Waals surface area contributed by atoms with Crippen LogP contribution in [0, 0.1) is 17.5 Å². The van der Waals surface area contributed by atoms with E-state index in [9.17, 15) is 22.8 Å².